The second kappa shape index (κ2) is 4.79. The molecule has 1 heterocycles. The van der Waals surface area contributed by atoms with E-state index in [4.69, 9.17) is 5.73 Å². The van der Waals surface area contributed by atoms with Crippen molar-refractivity contribution < 1.29 is 18.4 Å². The van der Waals surface area contributed by atoms with Crippen LogP contribution in [0.3, 0.4) is 0 Å². The van der Waals surface area contributed by atoms with Gasteiger partial charge in [0.2, 0.25) is 11.8 Å². The summed E-state index contributed by atoms with van der Waals surface area (Å²) in [4.78, 5) is 23.9. The Morgan fingerprint density at radius 2 is 1.94 bits per heavy atom. The van der Waals surface area contributed by atoms with E-state index in [1.54, 1.807) is 22.6 Å². The third-order valence-electron chi connectivity index (χ3n) is 2.81. The molecule has 1 aromatic rings. The molecule has 1 fully saturated rings. The molecule has 1 atom stereocenters. The van der Waals surface area contributed by atoms with Gasteiger partial charge in [0.15, 0.2) is 0 Å². The number of nitrogens with two attached hydrogens (primary N) is 1. The highest BCUT2D eigenvalue weighted by Crippen LogP contribution is 2.28. The van der Waals surface area contributed by atoms with Gasteiger partial charge in [-0.2, -0.15) is 0 Å². The number of rotatable bonds is 2. The summed E-state index contributed by atoms with van der Waals surface area (Å²) in [5.41, 5.74) is 5.23. The van der Waals surface area contributed by atoms with Crippen molar-refractivity contribution in [3.63, 3.8) is 0 Å². The Hall–Kier alpha value is -1.25. The zero-order valence-electron chi connectivity index (χ0n) is 9.12. The molecule has 2 amide bonds. The second-order valence-corrected chi connectivity index (χ2v) is 5.11. The predicted molar refractivity (Wildman–Crippen MR) is 68.7 cm³/mol. The van der Waals surface area contributed by atoms with Crippen LogP contribution in [-0.4, -0.2) is 18.4 Å². The number of benzene rings is 1. The molecular weight excluding hydrogens is 357 g/mol. The molecule has 0 radical (unpaired) electrons. The summed E-state index contributed by atoms with van der Waals surface area (Å²) in [6.07, 6.45) is -0.0233. The maximum absolute atomic E-state index is 13.4. The van der Waals surface area contributed by atoms with E-state index in [-0.39, 0.29) is 28.1 Å². The number of nitrogens with zero attached hydrogens (tertiary/aromatic N) is 1. The Morgan fingerprint density at radius 3 is 2.39 bits per heavy atom. The highest BCUT2D eigenvalue weighted by molar-refractivity contribution is 14.1. The van der Waals surface area contributed by atoms with Gasteiger partial charge >= 0.3 is 0 Å². The van der Waals surface area contributed by atoms with E-state index in [2.05, 4.69) is 0 Å². The first kappa shape index (κ1) is 13.2. The van der Waals surface area contributed by atoms with Crippen LogP contribution in [0.4, 0.5) is 14.5 Å². The fourth-order valence-electron chi connectivity index (χ4n) is 1.85. The third-order valence-corrected chi connectivity index (χ3v) is 3.84. The van der Waals surface area contributed by atoms with Crippen molar-refractivity contribution in [3.8, 4) is 0 Å². The number of hydrogen-bond acceptors (Lipinski definition) is 2. The molecule has 0 saturated carbocycles. The molecule has 1 aromatic carbocycles. The molecular formula is C11H9F2IN2O2. The fraction of sp³-hybridized carbons (Fsp3) is 0.273. The Labute approximate surface area is 115 Å². The lowest BCUT2D eigenvalue weighted by atomic mass is 10.1. The number of anilines is 1. The minimum absolute atomic E-state index is 0.0233. The van der Waals surface area contributed by atoms with Crippen molar-refractivity contribution in [2.75, 3.05) is 11.4 Å². The van der Waals surface area contributed by atoms with Gasteiger partial charge in [0, 0.05) is 18.7 Å². The van der Waals surface area contributed by atoms with Crippen molar-refractivity contribution in [1.82, 2.24) is 0 Å². The van der Waals surface area contributed by atoms with Crippen LogP contribution in [0.25, 0.3) is 0 Å². The van der Waals surface area contributed by atoms with E-state index in [9.17, 15) is 18.4 Å². The fourth-order valence-corrected chi connectivity index (χ4v) is 2.16. The molecule has 0 aliphatic carbocycles. The maximum Gasteiger partial charge on any atom is 0.227 e. The van der Waals surface area contributed by atoms with Crippen molar-refractivity contribution in [1.29, 1.82) is 0 Å². The van der Waals surface area contributed by atoms with Crippen LogP contribution in [0.2, 0.25) is 0 Å². The van der Waals surface area contributed by atoms with Crippen molar-refractivity contribution in [2.24, 2.45) is 11.7 Å². The second-order valence-electron chi connectivity index (χ2n) is 4.03. The molecule has 2 rings (SSSR count). The number of amides is 2. The average Bonchev–Trinajstić information content (AvgIpc) is 2.68. The molecule has 0 spiro atoms. The zero-order chi connectivity index (χ0) is 13.4. The predicted octanol–water partition coefficient (Wildman–Crippen LogP) is 1.41. The van der Waals surface area contributed by atoms with Gasteiger partial charge in [0.05, 0.1) is 9.49 Å². The van der Waals surface area contributed by atoms with Crippen LogP contribution in [-0.2, 0) is 9.59 Å². The van der Waals surface area contributed by atoms with Crippen molar-refractivity contribution >= 4 is 40.1 Å². The topological polar surface area (TPSA) is 63.4 Å². The summed E-state index contributed by atoms with van der Waals surface area (Å²) in [6, 6.07) is 2.15. The number of halogens is 3. The summed E-state index contributed by atoms with van der Waals surface area (Å²) >= 11 is 1.54. The molecule has 4 nitrogen and oxygen atoms in total. The summed E-state index contributed by atoms with van der Waals surface area (Å²) in [6.45, 7) is 0.0631. The van der Waals surface area contributed by atoms with Gasteiger partial charge in [-0.15, -0.1) is 0 Å². The van der Waals surface area contributed by atoms with Crippen LogP contribution in [0.15, 0.2) is 12.1 Å². The van der Waals surface area contributed by atoms with Crippen molar-refractivity contribution in [2.45, 2.75) is 6.42 Å². The minimum atomic E-state index is -0.735. The Bertz CT molecular complexity index is 513. The highest BCUT2D eigenvalue weighted by Gasteiger charge is 2.34. The van der Waals surface area contributed by atoms with E-state index in [0.717, 1.165) is 12.1 Å². The normalized spacial score (nSPS) is 19.4. The Balaban J connectivity index is 2.33. The molecule has 0 bridgehead atoms. The third kappa shape index (κ3) is 2.31. The van der Waals surface area contributed by atoms with Gasteiger partial charge in [0.25, 0.3) is 0 Å². The first-order valence-corrected chi connectivity index (χ1v) is 6.22. The lowest BCUT2D eigenvalue weighted by Crippen LogP contribution is -2.28. The summed E-state index contributed by atoms with van der Waals surface area (Å²) < 4.78 is 26.7. The SMILES string of the molecule is NC(=O)C1CC(=O)N(c2cc(F)c(I)c(F)c2)C1. The monoisotopic (exact) mass is 366 g/mol. The van der Waals surface area contributed by atoms with Gasteiger partial charge in [-0.05, 0) is 34.7 Å². The Kier molecular flexibility index (Phi) is 3.51. The molecule has 18 heavy (non-hydrogen) atoms. The van der Waals surface area contributed by atoms with Gasteiger partial charge in [-0.25, -0.2) is 8.78 Å². The summed E-state index contributed by atoms with van der Waals surface area (Å²) in [5, 5.41) is 0. The molecule has 7 heteroatoms. The molecule has 96 valence electrons. The summed E-state index contributed by atoms with van der Waals surface area (Å²) in [7, 11) is 0. The lowest BCUT2D eigenvalue weighted by Gasteiger charge is -2.16. The molecule has 2 N–H and O–H groups in total. The van der Waals surface area contributed by atoms with E-state index in [0.29, 0.717) is 0 Å². The van der Waals surface area contributed by atoms with Crippen molar-refractivity contribution in [3.05, 3.63) is 27.3 Å². The Morgan fingerprint density at radius 1 is 1.39 bits per heavy atom. The van der Waals surface area contributed by atoms with E-state index in [1.807, 2.05) is 0 Å². The number of hydrogen-bond donors (Lipinski definition) is 1. The highest BCUT2D eigenvalue weighted by atomic mass is 127. The van der Waals surface area contributed by atoms with Crippen LogP contribution in [0.5, 0.6) is 0 Å². The number of primary amides is 1. The molecule has 1 saturated heterocycles. The average molecular weight is 366 g/mol. The largest absolute Gasteiger partial charge is 0.369 e. The van der Waals surface area contributed by atoms with E-state index < -0.39 is 23.5 Å². The van der Waals surface area contributed by atoms with E-state index >= 15 is 0 Å². The lowest BCUT2D eigenvalue weighted by molar-refractivity contribution is -0.123. The van der Waals surface area contributed by atoms with Crippen LogP contribution >= 0.6 is 22.6 Å². The van der Waals surface area contributed by atoms with Crippen LogP contribution < -0.4 is 10.6 Å². The van der Waals surface area contributed by atoms with Gasteiger partial charge in [-0.1, -0.05) is 0 Å². The standard InChI is InChI=1S/C11H9F2IN2O2/c12-7-2-6(3-8(13)10(7)14)16-4-5(11(15)18)1-9(16)17/h2-3,5H,1,4H2,(H2,15,18). The minimum Gasteiger partial charge on any atom is -0.369 e. The van der Waals surface area contributed by atoms with Gasteiger partial charge < -0.3 is 10.6 Å². The van der Waals surface area contributed by atoms with Gasteiger partial charge in [-0.3, -0.25) is 9.59 Å². The van der Waals surface area contributed by atoms with Crippen LogP contribution in [0.1, 0.15) is 6.42 Å². The van der Waals surface area contributed by atoms with E-state index in [1.165, 1.54) is 4.90 Å². The van der Waals surface area contributed by atoms with Crippen LogP contribution in [0, 0.1) is 21.1 Å². The number of carbonyl (C=O) groups excluding carboxylic acids is 2. The smallest absolute Gasteiger partial charge is 0.227 e. The first-order valence-electron chi connectivity index (χ1n) is 5.14. The zero-order valence-corrected chi connectivity index (χ0v) is 11.3. The number of carbonyl (C=O) groups is 2. The maximum atomic E-state index is 13.4. The molecule has 1 aliphatic rings. The van der Waals surface area contributed by atoms with Gasteiger partial charge in [0.1, 0.15) is 11.6 Å². The molecule has 1 unspecified atom stereocenters. The molecule has 0 aromatic heterocycles. The first-order chi connectivity index (χ1) is 8.40. The quantitative estimate of drug-likeness (QED) is 0.636. The summed E-state index contributed by atoms with van der Waals surface area (Å²) in [5.74, 6) is -3.03. The molecule has 1 aliphatic heterocycles.